The largest absolute Gasteiger partial charge is 0.370 e. The maximum absolute atomic E-state index is 12.9. The van der Waals surface area contributed by atoms with Gasteiger partial charge in [0.25, 0.3) is 5.91 Å². The maximum Gasteiger partial charge on any atom is 0.255 e. The van der Waals surface area contributed by atoms with E-state index in [4.69, 9.17) is 0 Å². The Morgan fingerprint density at radius 2 is 1.48 bits per heavy atom. The summed E-state index contributed by atoms with van der Waals surface area (Å²) < 4.78 is 0.993. The van der Waals surface area contributed by atoms with Crippen molar-refractivity contribution >= 4 is 33.2 Å². The van der Waals surface area contributed by atoms with Crippen molar-refractivity contribution in [1.29, 1.82) is 0 Å². The molecule has 2 saturated carbocycles. The molecule has 0 radical (unpaired) electrons. The predicted molar refractivity (Wildman–Crippen MR) is 121 cm³/mol. The van der Waals surface area contributed by atoms with Crippen LogP contribution in [0.4, 0.5) is 11.4 Å². The van der Waals surface area contributed by atoms with Crippen LogP contribution in [0.3, 0.4) is 0 Å². The Balaban J connectivity index is 1.41. The number of carbonyl (C=O) groups excluding carboxylic acids is 1. The fourth-order valence-electron chi connectivity index (χ4n) is 6.64. The van der Waals surface area contributed by atoms with Gasteiger partial charge in [-0.1, -0.05) is 28.8 Å². The molecule has 1 N–H and O–H groups in total. The van der Waals surface area contributed by atoms with E-state index in [9.17, 15) is 4.79 Å². The summed E-state index contributed by atoms with van der Waals surface area (Å²) in [5.74, 6) is 2.94. The molecule has 0 unspecified atom stereocenters. The number of carbonyl (C=O) groups is 1. The van der Waals surface area contributed by atoms with Crippen molar-refractivity contribution in [3.8, 4) is 0 Å². The molecule has 2 aromatic carbocycles. The first-order chi connectivity index (χ1) is 14.2. The highest BCUT2D eigenvalue weighted by Crippen LogP contribution is 2.56. The highest BCUT2D eigenvalue weighted by molar-refractivity contribution is 9.10. The molecule has 0 aromatic heterocycles. The van der Waals surface area contributed by atoms with Crippen molar-refractivity contribution < 1.29 is 4.79 Å². The van der Waals surface area contributed by atoms with E-state index in [2.05, 4.69) is 38.3 Å². The zero-order valence-electron chi connectivity index (χ0n) is 16.7. The number of halogens is 1. The molecule has 2 heterocycles. The van der Waals surface area contributed by atoms with Crippen LogP contribution in [0.2, 0.25) is 0 Å². The normalized spacial score (nSPS) is 29.2. The molecule has 29 heavy (non-hydrogen) atoms. The summed E-state index contributed by atoms with van der Waals surface area (Å²) in [6.45, 7) is 2.50. The number of nitrogens with zero attached hydrogens (tertiary/aromatic N) is 1. The number of hydrogen-bond donors (Lipinski definition) is 1. The summed E-state index contributed by atoms with van der Waals surface area (Å²) in [6.07, 6.45) is 8.03. The van der Waals surface area contributed by atoms with Gasteiger partial charge in [0, 0.05) is 34.5 Å². The van der Waals surface area contributed by atoms with E-state index >= 15 is 0 Å². The Hall–Kier alpha value is -1.81. The van der Waals surface area contributed by atoms with Crippen LogP contribution in [-0.2, 0) is 0 Å². The Morgan fingerprint density at radius 3 is 2.07 bits per heavy atom. The molecule has 0 bridgehead atoms. The maximum atomic E-state index is 12.9. The van der Waals surface area contributed by atoms with Gasteiger partial charge in [-0.25, -0.2) is 0 Å². The zero-order chi connectivity index (χ0) is 19.5. The first-order valence-electron chi connectivity index (χ1n) is 11.2. The number of hydrogen-bond acceptors (Lipinski definition) is 2. The zero-order valence-corrected chi connectivity index (χ0v) is 18.2. The summed E-state index contributed by atoms with van der Waals surface area (Å²) in [5, 5.41) is 3.23. The van der Waals surface area contributed by atoms with Crippen LogP contribution in [0.1, 0.15) is 71.8 Å². The minimum Gasteiger partial charge on any atom is -0.370 e. The number of amides is 1. The highest BCUT2D eigenvalue weighted by Gasteiger charge is 2.44. The van der Waals surface area contributed by atoms with E-state index in [1.165, 1.54) is 68.4 Å². The lowest BCUT2D eigenvalue weighted by Crippen LogP contribution is -2.43. The van der Waals surface area contributed by atoms with Crippen molar-refractivity contribution in [2.45, 2.75) is 50.4 Å². The number of nitrogens with one attached hydrogen (secondary N) is 1. The van der Waals surface area contributed by atoms with Gasteiger partial charge in [0.15, 0.2) is 0 Å². The first kappa shape index (κ1) is 18.0. The molecule has 0 saturated heterocycles. The Morgan fingerprint density at radius 1 is 0.897 bits per heavy atom. The van der Waals surface area contributed by atoms with Gasteiger partial charge in [0.2, 0.25) is 0 Å². The predicted octanol–water partition coefficient (Wildman–Crippen LogP) is 6.30. The van der Waals surface area contributed by atoms with Crippen molar-refractivity contribution in [2.24, 2.45) is 11.8 Å². The third-order valence-corrected chi connectivity index (χ3v) is 8.40. The molecule has 4 heteroatoms. The van der Waals surface area contributed by atoms with Crippen LogP contribution < -0.4 is 10.2 Å². The van der Waals surface area contributed by atoms with E-state index in [0.717, 1.165) is 22.0 Å². The molecule has 2 aromatic rings. The lowest BCUT2D eigenvalue weighted by Gasteiger charge is -2.46. The Bertz CT molecular complexity index is 924. The van der Waals surface area contributed by atoms with Gasteiger partial charge in [-0.2, -0.15) is 0 Å². The summed E-state index contributed by atoms with van der Waals surface area (Å²) in [6, 6.07) is 12.2. The number of anilines is 2. The average Bonchev–Trinajstić information content (AvgIpc) is 3.38. The molecule has 2 aliphatic heterocycles. The molecule has 0 spiro atoms. The molecule has 1 amide bonds. The van der Waals surface area contributed by atoms with Gasteiger partial charge in [0.05, 0.1) is 0 Å². The van der Waals surface area contributed by atoms with Crippen molar-refractivity contribution in [3.63, 3.8) is 0 Å². The molecule has 150 valence electrons. The monoisotopic (exact) mass is 450 g/mol. The summed E-state index contributed by atoms with van der Waals surface area (Å²) in [4.78, 5) is 15.6. The summed E-state index contributed by atoms with van der Waals surface area (Å²) >= 11 is 3.45. The number of fused-ring (bicyclic) bond motifs is 4. The topological polar surface area (TPSA) is 32.3 Å². The standard InChI is InChI=1S/C25H27BrN2O/c26-18-9-7-15(8-10-18)25(29)27-19-11-22-20-5-1-3-16(20)13-28-14-17-4-2-6-21(17)23(12-19)24(22)28/h7-12,16-17,20-21H,1-6,13-14H2,(H,27,29)/t16-,17-,20+,21+/m0/s1. The lowest BCUT2D eigenvalue weighted by atomic mass is 9.75. The quantitative estimate of drug-likeness (QED) is 0.581. The van der Waals surface area contributed by atoms with Gasteiger partial charge >= 0.3 is 0 Å². The van der Waals surface area contributed by atoms with Gasteiger partial charge < -0.3 is 10.2 Å². The van der Waals surface area contributed by atoms with Crippen molar-refractivity contribution in [2.75, 3.05) is 23.3 Å². The molecular formula is C25H27BrN2O. The third-order valence-electron chi connectivity index (χ3n) is 7.88. The highest BCUT2D eigenvalue weighted by atomic mass is 79.9. The van der Waals surface area contributed by atoms with Gasteiger partial charge in [-0.05, 0) is 96.9 Å². The molecule has 2 fully saturated rings. The van der Waals surface area contributed by atoms with Crippen LogP contribution in [-0.4, -0.2) is 19.0 Å². The van der Waals surface area contributed by atoms with Crippen LogP contribution >= 0.6 is 15.9 Å². The second-order valence-electron chi connectivity index (χ2n) is 9.46. The molecule has 2 aliphatic carbocycles. The molecular weight excluding hydrogens is 424 g/mol. The SMILES string of the molecule is O=C(Nc1cc2c3c(c1)[C@@H]1CCC[C@H]1CN3C[C@@H]1CCC[C@@H]21)c1ccc(Br)cc1. The minimum atomic E-state index is -0.0148. The van der Waals surface area contributed by atoms with E-state index in [1.54, 1.807) is 0 Å². The fraction of sp³-hybridized carbons (Fsp3) is 0.480. The lowest BCUT2D eigenvalue weighted by molar-refractivity contribution is 0.102. The van der Waals surface area contributed by atoms with Gasteiger partial charge in [-0.3, -0.25) is 4.79 Å². The van der Waals surface area contributed by atoms with Crippen molar-refractivity contribution in [1.82, 2.24) is 0 Å². The van der Waals surface area contributed by atoms with Gasteiger partial charge in [0.1, 0.15) is 0 Å². The van der Waals surface area contributed by atoms with Crippen LogP contribution in [0, 0.1) is 11.8 Å². The summed E-state index contributed by atoms with van der Waals surface area (Å²) in [7, 11) is 0. The van der Waals surface area contributed by atoms with E-state index in [-0.39, 0.29) is 5.91 Å². The smallest absolute Gasteiger partial charge is 0.255 e. The molecule has 4 atom stereocenters. The van der Waals surface area contributed by atoms with E-state index in [0.29, 0.717) is 17.4 Å². The summed E-state index contributed by atoms with van der Waals surface area (Å²) in [5.41, 5.74) is 6.28. The first-order valence-corrected chi connectivity index (χ1v) is 12.0. The van der Waals surface area contributed by atoms with E-state index < -0.39 is 0 Å². The van der Waals surface area contributed by atoms with Crippen LogP contribution in [0.15, 0.2) is 40.9 Å². The van der Waals surface area contributed by atoms with Crippen LogP contribution in [0.5, 0.6) is 0 Å². The Labute approximate surface area is 181 Å². The molecule has 4 aliphatic rings. The van der Waals surface area contributed by atoms with Crippen LogP contribution in [0.25, 0.3) is 0 Å². The minimum absolute atomic E-state index is 0.0148. The Kier molecular flexibility index (Phi) is 4.26. The van der Waals surface area contributed by atoms with Gasteiger partial charge in [-0.15, -0.1) is 0 Å². The second-order valence-corrected chi connectivity index (χ2v) is 10.4. The fourth-order valence-corrected chi connectivity index (χ4v) is 6.90. The average molecular weight is 451 g/mol. The number of benzene rings is 2. The molecule has 6 rings (SSSR count). The second kappa shape index (κ2) is 6.87. The molecule has 3 nitrogen and oxygen atoms in total. The van der Waals surface area contributed by atoms with E-state index in [1.807, 2.05) is 24.3 Å². The van der Waals surface area contributed by atoms with Crippen molar-refractivity contribution in [3.05, 3.63) is 57.6 Å². The number of rotatable bonds is 2. The third kappa shape index (κ3) is 2.94.